The number of hydrogen-bond acceptors (Lipinski definition) is 3. The molecule has 0 saturated heterocycles. The van der Waals surface area contributed by atoms with Gasteiger partial charge in [0.15, 0.2) is 11.5 Å². The number of carbonyl (C=O) groups excluding carboxylic acids is 1. The second-order valence-corrected chi connectivity index (χ2v) is 5.78. The zero-order valence-electron chi connectivity index (χ0n) is 13.4. The Morgan fingerprint density at radius 2 is 1.87 bits per heavy atom. The zero-order valence-corrected chi connectivity index (χ0v) is 13.4. The minimum atomic E-state index is -0.640. The van der Waals surface area contributed by atoms with Crippen molar-refractivity contribution < 1.29 is 14.3 Å². The predicted octanol–water partition coefficient (Wildman–Crippen LogP) is 3.98. The number of anilines is 1. The Kier molecular flexibility index (Phi) is 4.51. The van der Waals surface area contributed by atoms with Crippen molar-refractivity contribution in [3.05, 3.63) is 54.1 Å². The van der Waals surface area contributed by atoms with E-state index in [0.717, 1.165) is 12.1 Å². The molecule has 1 amide bonds. The van der Waals surface area contributed by atoms with E-state index < -0.39 is 6.10 Å². The predicted molar refractivity (Wildman–Crippen MR) is 90.1 cm³/mol. The molecule has 2 aromatic carbocycles. The summed E-state index contributed by atoms with van der Waals surface area (Å²) in [5, 5.41) is 2.88. The van der Waals surface area contributed by atoms with Crippen LogP contribution < -0.4 is 14.8 Å². The molecule has 4 nitrogen and oxygen atoms in total. The second kappa shape index (κ2) is 6.73. The Bertz CT molecular complexity index is 681. The molecule has 0 saturated carbocycles. The van der Waals surface area contributed by atoms with E-state index in [2.05, 4.69) is 31.3 Å². The van der Waals surface area contributed by atoms with Gasteiger partial charge in [0.05, 0.1) is 0 Å². The van der Waals surface area contributed by atoms with E-state index in [1.165, 1.54) is 5.56 Å². The smallest absolute Gasteiger partial charge is 0.269 e. The normalized spacial score (nSPS) is 17.4. The van der Waals surface area contributed by atoms with E-state index in [9.17, 15) is 4.79 Å². The summed E-state index contributed by atoms with van der Waals surface area (Å²) < 4.78 is 11.3. The van der Waals surface area contributed by atoms with Crippen molar-refractivity contribution in [2.24, 2.45) is 0 Å². The van der Waals surface area contributed by atoms with Crippen LogP contribution in [0.3, 0.4) is 0 Å². The van der Waals surface area contributed by atoms with Crippen LogP contribution in [-0.4, -0.2) is 18.6 Å². The quantitative estimate of drug-likeness (QED) is 0.929. The molecular weight excluding hydrogens is 290 g/mol. The molecule has 0 aromatic heterocycles. The van der Waals surface area contributed by atoms with Crippen molar-refractivity contribution in [1.82, 2.24) is 0 Å². The average molecular weight is 311 g/mol. The van der Waals surface area contributed by atoms with Gasteiger partial charge in [-0.1, -0.05) is 38.1 Å². The molecule has 3 rings (SSSR count). The van der Waals surface area contributed by atoms with Crippen LogP contribution in [0.2, 0.25) is 0 Å². The standard InChI is InChI=1S/C19H21NO3/c1-3-13(2)14-8-10-15(11-9-14)20-19(21)18-12-22-16-6-4-5-7-17(16)23-18/h4-11,13,18H,3,12H2,1-2H3,(H,20,21)/t13-,18+/m1/s1. The molecule has 1 heterocycles. The molecule has 1 aliphatic rings. The molecule has 0 aliphatic carbocycles. The first-order valence-electron chi connectivity index (χ1n) is 7.96. The van der Waals surface area contributed by atoms with Gasteiger partial charge in [0.1, 0.15) is 6.61 Å². The van der Waals surface area contributed by atoms with Crippen LogP contribution in [0.15, 0.2) is 48.5 Å². The lowest BCUT2D eigenvalue weighted by Crippen LogP contribution is -2.40. The number of nitrogens with one attached hydrogen (secondary N) is 1. The first-order chi connectivity index (χ1) is 11.2. The molecule has 2 atom stereocenters. The van der Waals surface area contributed by atoms with E-state index in [0.29, 0.717) is 17.4 Å². The third-order valence-corrected chi connectivity index (χ3v) is 4.16. The minimum Gasteiger partial charge on any atom is -0.485 e. The van der Waals surface area contributed by atoms with Gasteiger partial charge in [-0.2, -0.15) is 0 Å². The first kappa shape index (κ1) is 15.4. The molecular formula is C19H21NO3. The lowest BCUT2D eigenvalue weighted by molar-refractivity contribution is -0.125. The Morgan fingerprint density at radius 3 is 2.57 bits per heavy atom. The fourth-order valence-corrected chi connectivity index (χ4v) is 2.50. The van der Waals surface area contributed by atoms with Crippen LogP contribution in [0.4, 0.5) is 5.69 Å². The maximum absolute atomic E-state index is 12.3. The lowest BCUT2D eigenvalue weighted by Gasteiger charge is -2.25. The number of ether oxygens (including phenoxy) is 2. The molecule has 0 fully saturated rings. The highest BCUT2D eigenvalue weighted by Gasteiger charge is 2.27. The molecule has 0 unspecified atom stereocenters. The Balaban J connectivity index is 1.64. The highest BCUT2D eigenvalue weighted by molar-refractivity contribution is 5.94. The van der Waals surface area contributed by atoms with E-state index >= 15 is 0 Å². The van der Waals surface area contributed by atoms with Crippen molar-refractivity contribution in [1.29, 1.82) is 0 Å². The molecule has 0 spiro atoms. The summed E-state index contributed by atoms with van der Waals surface area (Å²) in [6.45, 7) is 4.57. The Hall–Kier alpha value is -2.49. The highest BCUT2D eigenvalue weighted by atomic mass is 16.6. The molecule has 0 radical (unpaired) electrons. The summed E-state index contributed by atoms with van der Waals surface area (Å²) in [5.41, 5.74) is 2.04. The van der Waals surface area contributed by atoms with Crippen LogP contribution in [-0.2, 0) is 4.79 Å². The van der Waals surface area contributed by atoms with Gasteiger partial charge in [-0.3, -0.25) is 4.79 Å². The van der Waals surface area contributed by atoms with Crippen molar-refractivity contribution in [3.8, 4) is 11.5 Å². The van der Waals surface area contributed by atoms with Gasteiger partial charge in [-0.25, -0.2) is 0 Å². The fourth-order valence-electron chi connectivity index (χ4n) is 2.50. The topological polar surface area (TPSA) is 47.6 Å². The van der Waals surface area contributed by atoms with Crippen molar-refractivity contribution in [3.63, 3.8) is 0 Å². The van der Waals surface area contributed by atoms with Crippen LogP contribution in [0, 0.1) is 0 Å². The van der Waals surface area contributed by atoms with E-state index in [1.807, 2.05) is 30.3 Å². The molecule has 1 N–H and O–H groups in total. The van der Waals surface area contributed by atoms with Gasteiger partial charge in [-0.15, -0.1) is 0 Å². The fraction of sp³-hybridized carbons (Fsp3) is 0.316. The third kappa shape index (κ3) is 3.47. The number of rotatable bonds is 4. The Labute approximate surface area is 136 Å². The van der Waals surface area contributed by atoms with Gasteiger partial charge >= 0.3 is 0 Å². The third-order valence-electron chi connectivity index (χ3n) is 4.16. The van der Waals surface area contributed by atoms with Crippen molar-refractivity contribution >= 4 is 11.6 Å². The number of hydrogen-bond donors (Lipinski definition) is 1. The van der Waals surface area contributed by atoms with Gasteiger partial charge in [-0.05, 0) is 42.2 Å². The summed E-state index contributed by atoms with van der Waals surface area (Å²) in [6, 6.07) is 15.3. The molecule has 1 aliphatic heterocycles. The molecule has 2 aromatic rings. The van der Waals surface area contributed by atoms with Crippen LogP contribution in [0.5, 0.6) is 11.5 Å². The van der Waals surface area contributed by atoms with Gasteiger partial charge < -0.3 is 14.8 Å². The van der Waals surface area contributed by atoms with Crippen LogP contribution in [0.1, 0.15) is 31.7 Å². The maximum atomic E-state index is 12.3. The summed E-state index contributed by atoms with van der Waals surface area (Å²) >= 11 is 0. The number of carbonyl (C=O) groups is 1. The largest absolute Gasteiger partial charge is 0.485 e. The molecule has 0 bridgehead atoms. The number of para-hydroxylation sites is 2. The minimum absolute atomic E-state index is 0.198. The van der Waals surface area contributed by atoms with Gasteiger partial charge in [0.2, 0.25) is 6.10 Å². The number of amides is 1. The molecule has 120 valence electrons. The maximum Gasteiger partial charge on any atom is 0.269 e. The van der Waals surface area contributed by atoms with E-state index in [4.69, 9.17) is 9.47 Å². The summed E-state index contributed by atoms with van der Waals surface area (Å²) in [4.78, 5) is 12.3. The monoisotopic (exact) mass is 311 g/mol. The molecule has 23 heavy (non-hydrogen) atoms. The van der Waals surface area contributed by atoms with Gasteiger partial charge in [0, 0.05) is 5.69 Å². The Morgan fingerprint density at radius 1 is 1.17 bits per heavy atom. The second-order valence-electron chi connectivity index (χ2n) is 5.78. The van der Waals surface area contributed by atoms with E-state index in [1.54, 1.807) is 6.07 Å². The average Bonchev–Trinajstić information content (AvgIpc) is 2.61. The summed E-state index contributed by atoms with van der Waals surface area (Å²) in [5.74, 6) is 1.60. The number of benzene rings is 2. The van der Waals surface area contributed by atoms with Crippen molar-refractivity contribution in [2.45, 2.75) is 32.3 Å². The summed E-state index contributed by atoms with van der Waals surface area (Å²) in [6.07, 6.45) is 0.456. The lowest BCUT2D eigenvalue weighted by atomic mass is 9.99. The number of fused-ring (bicyclic) bond motifs is 1. The van der Waals surface area contributed by atoms with Gasteiger partial charge in [0.25, 0.3) is 5.91 Å². The SMILES string of the molecule is CC[C@@H](C)c1ccc(NC(=O)[C@@H]2COc3ccccc3O2)cc1. The van der Waals surface area contributed by atoms with Crippen LogP contribution in [0.25, 0.3) is 0 Å². The zero-order chi connectivity index (χ0) is 16.2. The first-order valence-corrected chi connectivity index (χ1v) is 7.96. The van der Waals surface area contributed by atoms with Crippen molar-refractivity contribution in [2.75, 3.05) is 11.9 Å². The highest BCUT2D eigenvalue weighted by Crippen LogP contribution is 2.31. The molecule has 4 heteroatoms. The summed E-state index contributed by atoms with van der Waals surface area (Å²) in [7, 11) is 0. The van der Waals surface area contributed by atoms with E-state index in [-0.39, 0.29) is 12.5 Å². The van der Waals surface area contributed by atoms with Crippen LogP contribution >= 0.6 is 0 Å².